The molecule has 0 spiro atoms. The lowest BCUT2D eigenvalue weighted by Crippen LogP contribution is -2.40. The summed E-state index contributed by atoms with van der Waals surface area (Å²) in [6.07, 6.45) is 11.4. The molecule has 2 N–H and O–H groups in total. The van der Waals surface area contributed by atoms with Gasteiger partial charge in [-0.05, 0) is 12.8 Å². The Morgan fingerprint density at radius 3 is 2.45 bits per heavy atom. The number of nitrogens with one attached hydrogen (secondary N) is 1. The van der Waals surface area contributed by atoms with Gasteiger partial charge >= 0.3 is 6.33 Å². The van der Waals surface area contributed by atoms with Crippen LogP contribution in [0.3, 0.4) is 0 Å². The molecule has 0 amide bonds. The predicted octanol–water partition coefficient (Wildman–Crippen LogP) is 1.23. The minimum atomic E-state index is -3.82. The topological polar surface area (TPSA) is 77.9 Å². The van der Waals surface area contributed by atoms with Crippen molar-refractivity contribution in [1.82, 2.24) is 5.10 Å². The van der Waals surface area contributed by atoms with Gasteiger partial charge in [0.2, 0.25) is 0 Å². The van der Waals surface area contributed by atoms with E-state index in [9.17, 15) is 8.42 Å². The number of aromatic nitrogens is 3. The van der Waals surface area contributed by atoms with Gasteiger partial charge in [0.1, 0.15) is 0 Å². The number of rotatable bonds is 11. The van der Waals surface area contributed by atoms with Crippen LogP contribution in [0.2, 0.25) is 0 Å². The van der Waals surface area contributed by atoms with E-state index in [2.05, 4.69) is 16.7 Å². The first kappa shape index (κ1) is 17.1. The van der Waals surface area contributed by atoms with E-state index in [0.29, 0.717) is 6.42 Å². The van der Waals surface area contributed by atoms with E-state index in [1.54, 1.807) is 0 Å². The van der Waals surface area contributed by atoms with Crippen LogP contribution in [0.4, 0.5) is 0 Å². The van der Waals surface area contributed by atoms with E-state index in [1.165, 1.54) is 32.1 Å². The molecule has 7 heteroatoms. The van der Waals surface area contributed by atoms with E-state index < -0.39 is 10.1 Å². The molecule has 0 saturated heterocycles. The highest BCUT2D eigenvalue weighted by Crippen LogP contribution is 2.01. The number of hydrogen-bond acceptors (Lipinski definition) is 2. The molecule has 6 nitrogen and oxygen atoms in total. The van der Waals surface area contributed by atoms with Gasteiger partial charge < -0.3 is 0 Å². The Hall–Kier alpha value is -0.950. The second-order valence-electron chi connectivity index (χ2n) is 5.21. The van der Waals surface area contributed by atoms with Crippen molar-refractivity contribution in [1.29, 1.82) is 0 Å². The standard InChI is InChI=1S/C13H25N3O3S/c1-2-3-4-5-6-10-16-13-15(12-14-16)9-7-8-11-20(17,18)19/h12-13H,2-11H2,1H3/p+2. The molecule has 20 heavy (non-hydrogen) atoms. The van der Waals surface area contributed by atoms with Crippen LogP contribution in [0, 0.1) is 0 Å². The minimum absolute atomic E-state index is 0.157. The number of aryl methyl sites for hydroxylation is 2. The predicted molar refractivity (Wildman–Crippen MR) is 75.6 cm³/mol. The van der Waals surface area contributed by atoms with Crippen molar-refractivity contribution in [3.8, 4) is 0 Å². The van der Waals surface area contributed by atoms with E-state index in [0.717, 1.165) is 19.5 Å². The average molecular weight is 305 g/mol. The van der Waals surface area contributed by atoms with Gasteiger partial charge in [-0.1, -0.05) is 30.9 Å². The normalized spacial score (nSPS) is 11.9. The second kappa shape index (κ2) is 9.07. The summed E-state index contributed by atoms with van der Waals surface area (Å²) in [6.45, 7) is 3.96. The van der Waals surface area contributed by atoms with Gasteiger partial charge in [0.15, 0.2) is 13.1 Å². The summed E-state index contributed by atoms with van der Waals surface area (Å²) in [5.41, 5.74) is 0. The second-order valence-corrected chi connectivity index (χ2v) is 6.78. The van der Waals surface area contributed by atoms with Crippen LogP contribution >= 0.6 is 0 Å². The van der Waals surface area contributed by atoms with Crippen molar-refractivity contribution in [2.75, 3.05) is 5.75 Å². The fourth-order valence-electron chi connectivity index (χ4n) is 2.10. The van der Waals surface area contributed by atoms with E-state index in [4.69, 9.17) is 4.55 Å². The molecule has 116 valence electrons. The first-order valence-corrected chi connectivity index (χ1v) is 9.04. The maximum Gasteiger partial charge on any atom is 0.431 e. The van der Waals surface area contributed by atoms with Crippen LogP contribution in [0.5, 0.6) is 0 Å². The highest BCUT2D eigenvalue weighted by atomic mass is 32.2. The van der Waals surface area contributed by atoms with Gasteiger partial charge in [-0.2, -0.15) is 8.42 Å². The Kier molecular flexibility index (Phi) is 7.76. The molecule has 1 rings (SSSR count). The van der Waals surface area contributed by atoms with Crippen molar-refractivity contribution in [3.05, 3.63) is 12.7 Å². The molecule has 0 aliphatic heterocycles. The lowest BCUT2D eigenvalue weighted by Gasteiger charge is -1.94. The molecule has 0 bridgehead atoms. The Balaban J connectivity index is 2.16. The van der Waals surface area contributed by atoms with Gasteiger partial charge in [0.05, 0.1) is 5.75 Å². The molecule has 0 atom stereocenters. The molecule has 0 aliphatic carbocycles. The van der Waals surface area contributed by atoms with Gasteiger partial charge in [-0.25, -0.2) is 0 Å². The van der Waals surface area contributed by atoms with Crippen LogP contribution in [0.1, 0.15) is 51.9 Å². The molecular formula is C13H27N3O3S+2. The zero-order valence-electron chi connectivity index (χ0n) is 12.3. The van der Waals surface area contributed by atoms with Crippen LogP contribution in [-0.2, 0) is 23.2 Å². The van der Waals surface area contributed by atoms with Gasteiger partial charge in [-0.3, -0.25) is 4.55 Å². The number of H-pyrrole nitrogens is 1. The quantitative estimate of drug-likeness (QED) is 0.367. The maximum absolute atomic E-state index is 10.6. The summed E-state index contributed by atoms with van der Waals surface area (Å²) in [6, 6.07) is 0. The molecule has 1 aromatic rings. The molecule has 1 aromatic heterocycles. The Labute approximate surface area is 121 Å². The Morgan fingerprint density at radius 2 is 1.75 bits per heavy atom. The van der Waals surface area contributed by atoms with Gasteiger partial charge in [-0.15, -0.1) is 9.67 Å². The summed E-state index contributed by atoms with van der Waals surface area (Å²) in [4.78, 5) is 0. The van der Waals surface area contributed by atoms with Crippen molar-refractivity contribution < 1.29 is 22.2 Å². The Morgan fingerprint density at radius 1 is 1.05 bits per heavy atom. The van der Waals surface area contributed by atoms with Crippen molar-refractivity contribution in [2.24, 2.45) is 0 Å². The molecule has 0 radical (unpaired) electrons. The third-order valence-electron chi connectivity index (χ3n) is 3.25. The van der Waals surface area contributed by atoms with Gasteiger partial charge in [0.25, 0.3) is 16.4 Å². The molecular weight excluding hydrogens is 278 g/mol. The summed E-state index contributed by atoms with van der Waals surface area (Å²) in [5, 5.41) is 3.17. The smallest absolute Gasteiger partial charge is 0.286 e. The zero-order valence-corrected chi connectivity index (χ0v) is 13.1. The van der Waals surface area contributed by atoms with E-state index in [-0.39, 0.29) is 5.75 Å². The third-order valence-corrected chi connectivity index (χ3v) is 4.05. The SMILES string of the molecule is CCCCCCC[n+]1c[n+](CCCCS(=O)(=O)O)c[nH]1. The third kappa shape index (κ3) is 8.27. The monoisotopic (exact) mass is 305 g/mol. The molecule has 0 fully saturated rings. The van der Waals surface area contributed by atoms with Crippen LogP contribution in [0.15, 0.2) is 12.7 Å². The van der Waals surface area contributed by atoms with Crippen LogP contribution in [0.25, 0.3) is 0 Å². The summed E-state index contributed by atoms with van der Waals surface area (Å²) in [7, 11) is -3.82. The highest BCUT2D eigenvalue weighted by Gasteiger charge is 2.12. The zero-order chi connectivity index (χ0) is 14.8. The Bertz CT molecular complexity index is 471. The largest absolute Gasteiger partial charge is 0.431 e. The number of aromatic amines is 1. The summed E-state index contributed by atoms with van der Waals surface area (Å²) in [5.74, 6) is -0.157. The number of unbranched alkanes of at least 4 members (excludes halogenated alkanes) is 5. The lowest BCUT2D eigenvalue weighted by molar-refractivity contribution is -0.816. The first-order valence-electron chi connectivity index (χ1n) is 7.43. The van der Waals surface area contributed by atoms with Crippen LogP contribution < -0.4 is 9.25 Å². The maximum atomic E-state index is 10.6. The summed E-state index contributed by atoms with van der Waals surface area (Å²) < 4.78 is 33.8. The molecule has 0 unspecified atom stereocenters. The van der Waals surface area contributed by atoms with E-state index in [1.807, 2.05) is 17.2 Å². The molecule has 1 heterocycles. The lowest BCUT2D eigenvalue weighted by atomic mass is 10.1. The van der Waals surface area contributed by atoms with Crippen molar-refractivity contribution >= 4 is 10.1 Å². The summed E-state index contributed by atoms with van der Waals surface area (Å²) >= 11 is 0. The van der Waals surface area contributed by atoms with Gasteiger partial charge in [0, 0.05) is 12.8 Å². The van der Waals surface area contributed by atoms with E-state index >= 15 is 0 Å². The van der Waals surface area contributed by atoms with Crippen molar-refractivity contribution in [2.45, 2.75) is 65.0 Å². The number of hydrogen-bond donors (Lipinski definition) is 2. The molecule has 0 aliphatic rings. The fourth-order valence-corrected chi connectivity index (χ4v) is 2.67. The van der Waals surface area contributed by atoms with Crippen molar-refractivity contribution in [3.63, 3.8) is 0 Å². The fraction of sp³-hybridized carbons (Fsp3) is 0.846. The molecule has 0 aromatic carbocycles. The molecule has 0 saturated carbocycles. The van der Waals surface area contributed by atoms with Crippen LogP contribution in [-0.4, -0.2) is 23.8 Å². The first-order chi connectivity index (χ1) is 9.51. The number of nitrogens with zero attached hydrogens (tertiary/aromatic N) is 2. The average Bonchev–Trinajstić information content (AvgIpc) is 2.81. The minimum Gasteiger partial charge on any atom is -0.286 e. The highest BCUT2D eigenvalue weighted by molar-refractivity contribution is 7.85.